The summed E-state index contributed by atoms with van der Waals surface area (Å²) in [4.78, 5) is 2.40. The Balaban J connectivity index is 2.02. The van der Waals surface area contributed by atoms with Crippen molar-refractivity contribution in [3.63, 3.8) is 0 Å². The maximum Gasteiger partial charge on any atom is 0.0237 e. The normalized spacial score (nSPS) is 11.3. The molecule has 2 aromatic carbocycles. The van der Waals surface area contributed by atoms with Gasteiger partial charge in [-0.15, -0.1) is 0 Å². The van der Waals surface area contributed by atoms with Crippen molar-refractivity contribution in [2.45, 2.75) is 32.9 Å². The van der Waals surface area contributed by atoms with Crippen LogP contribution in [-0.4, -0.2) is 18.0 Å². The molecule has 0 aromatic heterocycles. The highest BCUT2D eigenvalue weighted by molar-refractivity contribution is 5.25. The third kappa shape index (κ3) is 5.00. The molecular weight excluding hydrogens is 256 g/mol. The fraction of sp³-hybridized carbons (Fsp3) is 0.368. The van der Waals surface area contributed by atoms with E-state index in [1.54, 1.807) is 0 Å². The maximum absolute atomic E-state index is 5.76. The molecule has 2 heteroatoms. The maximum atomic E-state index is 5.76. The number of hydrogen-bond donors (Lipinski definition) is 1. The second-order valence-electron chi connectivity index (χ2n) is 5.88. The molecule has 2 aromatic rings. The molecule has 0 heterocycles. The van der Waals surface area contributed by atoms with Gasteiger partial charge in [0.05, 0.1) is 0 Å². The Bertz CT molecular complexity index is 517. The zero-order valence-electron chi connectivity index (χ0n) is 13.1. The van der Waals surface area contributed by atoms with Crippen LogP contribution in [0.15, 0.2) is 54.6 Å². The summed E-state index contributed by atoms with van der Waals surface area (Å²) in [5.74, 6) is 0.587. The quantitative estimate of drug-likeness (QED) is 0.837. The Hall–Kier alpha value is -1.64. The molecule has 2 N–H and O–H groups in total. The van der Waals surface area contributed by atoms with Crippen molar-refractivity contribution in [2.75, 3.05) is 13.1 Å². The highest BCUT2D eigenvalue weighted by atomic mass is 15.1. The largest absolute Gasteiger partial charge is 0.329 e. The first-order valence-electron chi connectivity index (χ1n) is 7.74. The number of rotatable bonds is 7. The lowest BCUT2D eigenvalue weighted by atomic mass is 10.0. The molecular formula is C19H26N2. The summed E-state index contributed by atoms with van der Waals surface area (Å²) in [5.41, 5.74) is 9.84. The molecule has 0 bridgehead atoms. The average molecular weight is 282 g/mol. The van der Waals surface area contributed by atoms with Crippen LogP contribution < -0.4 is 5.73 Å². The Kier molecular flexibility index (Phi) is 5.97. The van der Waals surface area contributed by atoms with Crippen molar-refractivity contribution in [1.82, 2.24) is 4.90 Å². The van der Waals surface area contributed by atoms with Crippen LogP contribution in [0.3, 0.4) is 0 Å². The lowest BCUT2D eigenvalue weighted by molar-refractivity contribution is 0.264. The summed E-state index contributed by atoms with van der Waals surface area (Å²) in [7, 11) is 0. The summed E-state index contributed by atoms with van der Waals surface area (Å²) in [6.07, 6.45) is 0. The van der Waals surface area contributed by atoms with Gasteiger partial charge in [0.25, 0.3) is 0 Å². The molecule has 2 nitrogen and oxygen atoms in total. The summed E-state index contributed by atoms with van der Waals surface area (Å²) >= 11 is 0. The molecule has 2 rings (SSSR count). The monoisotopic (exact) mass is 282 g/mol. The highest BCUT2D eigenvalue weighted by Gasteiger charge is 2.07. The lowest BCUT2D eigenvalue weighted by Crippen LogP contribution is -2.28. The Morgan fingerprint density at radius 2 is 1.43 bits per heavy atom. The van der Waals surface area contributed by atoms with E-state index in [-0.39, 0.29) is 0 Å². The van der Waals surface area contributed by atoms with Gasteiger partial charge in [-0.2, -0.15) is 0 Å². The zero-order valence-corrected chi connectivity index (χ0v) is 13.1. The van der Waals surface area contributed by atoms with Gasteiger partial charge in [-0.05, 0) is 22.6 Å². The summed E-state index contributed by atoms with van der Waals surface area (Å²) in [6, 6.07) is 19.5. The first-order chi connectivity index (χ1) is 10.2. The number of hydrogen-bond acceptors (Lipinski definition) is 2. The van der Waals surface area contributed by atoms with E-state index in [1.807, 2.05) is 0 Å². The molecule has 0 aliphatic rings. The van der Waals surface area contributed by atoms with E-state index in [4.69, 9.17) is 5.73 Å². The summed E-state index contributed by atoms with van der Waals surface area (Å²) in [6.45, 7) is 7.96. The Morgan fingerprint density at radius 3 is 1.95 bits per heavy atom. The molecule has 21 heavy (non-hydrogen) atoms. The zero-order chi connectivity index (χ0) is 15.1. The van der Waals surface area contributed by atoms with E-state index in [9.17, 15) is 0 Å². The molecule has 0 fully saturated rings. The SMILES string of the molecule is CC(C)c1ccc(CN(CCN)Cc2ccccc2)cc1. The van der Waals surface area contributed by atoms with Gasteiger partial charge >= 0.3 is 0 Å². The van der Waals surface area contributed by atoms with Crippen LogP contribution in [0, 0.1) is 0 Å². The fourth-order valence-corrected chi connectivity index (χ4v) is 2.50. The van der Waals surface area contributed by atoms with E-state index in [2.05, 4.69) is 73.3 Å². The van der Waals surface area contributed by atoms with Crippen LogP contribution >= 0.6 is 0 Å². The lowest BCUT2D eigenvalue weighted by Gasteiger charge is -2.22. The van der Waals surface area contributed by atoms with Gasteiger partial charge < -0.3 is 5.73 Å². The van der Waals surface area contributed by atoms with Gasteiger partial charge in [0.2, 0.25) is 0 Å². The molecule has 0 spiro atoms. The van der Waals surface area contributed by atoms with Crippen molar-refractivity contribution in [1.29, 1.82) is 0 Å². The van der Waals surface area contributed by atoms with Gasteiger partial charge in [-0.1, -0.05) is 68.4 Å². The highest BCUT2D eigenvalue weighted by Crippen LogP contribution is 2.16. The summed E-state index contributed by atoms with van der Waals surface area (Å²) < 4.78 is 0. The van der Waals surface area contributed by atoms with E-state index in [0.29, 0.717) is 12.5 Å². The first kappa shape index (κ1) is 15.7. The van der Waals surface area contributed by atoms with Gasteiger partial charge in [0.1, 0.15) is 0 Å². The average Bonchev–Trinajstić information content (AvgIpc) is 2.49. The van der Waals surface area contributed by atoms with Gasteiger partial charge in [-0.25, -0.2) is 0 Å². The van der Waals surface area contributed by atoms with Crippen LogP contribution in [0.1, 0.15) is 36.5 Å². The van der Waals surface area contributed by atoms with Crippen molar-refractivity contribution < 1.29 is 0 Å². The van der Waals surface area contributed by atoms with Gasteiger partial charge in [0, 0.05) is 26.2 Å². The molecule has 0 saturated carbocycles. The molecule has 0 saturated heterocycles. The Labute approximate surface area is 128 Å². The number of benzene rings is 2. The molecule has 0 radical (unpaired) electrons. The van der Waals surface area contributed by atoms with Crippen molar-refractivity contribution in [3.8, 4) is 0 Å². The third-order valence-corrected chi connectivity index (χ3v) is 3.75. The Morgan fingerprint density at radius 1 is 0.857 bits per heavy atom. The van der Waals surface area contributed by atoms with Crippen LogP contribution in [0.2, 0.25) is 0 Å². The molecule has 0 aliphatic heterocycles. The standard InChI is InChI=1S/C19H26N2/c1-16(2)19-10-8-18(9-11-19)15-21(13-12-20)14-17-6-4-3-5-7-17/h3-11,16H,12-15,20H2,1-2H3. The predicted octanol–water partition coefficient (Wildman–Crippen LogP) is 3.77. The first-order valence-corrected chi connectivity index (χ1v) is 7.74. The second kappa shape index (κ2) is 7.96. The van der Waals surface area contributed by atoms with E-state index in [1.165, 1.54) is 16.7 Å². The topological polar surface area (TPSA) is 29.3 Å². The minimum atomic E-state index is 0.587. The van der Waals surface area contributed by atoms with E-state index >= 15 is 0 Å². The molecule has 0 amide bonds. The van der Waals surface area contributed by atoms with Gasteiger partial charge in [0.15, 0.2) is 0 Å². The van der Waals surface area contributed by atoms with E-state index in [0.717, 1.165) is 19.6 Å². The number of nitrogens with two attached hydrogens (primary N) is 1. The minimum Gasteiger partial charge on any atom is -0.329 e. The third-order valence-electron chi connectivity index (χ3n) is 3.75. The second-order valence-corrected chi connectivity index (χ2v) is 5.88. The number of nitrogens with zero attached hydrogens (tertiary/aromatic N) is 1. The van der Waals surface area contributed by atoms with Crippen molar-refractivity contribution >= 4 is 0 Å². The predicted molar refractivity (Wildman–Crippen MR) is 90.1 cm³/mol. The van der Waals surface area contributed by atoms with Crippen molar-refractivity contribution in [2.24, 2.45) is 5.73 Å². The fourth-order valence-electron chi connectivity index (χ4n) is 2.50. The van der Waals surface area contributed by atoms with Gasteiger partial charge in [-0.3, -0.25) is 4.90 Å². The van der Waals surface area contributed by atoms with Crippen LogP contribution in [0.5, 0.6) is 0 Å². The van der Waals surface area contributed by atoms with Crippen molar-refractivity contribution in [3.05, 3.63) is 71.3 Å². The molecule has 112 valence electrons. The summed E-state index contributed by atoms with van der Waals surface area (Å²) in [5, 5.41) is 0. The molecule has 0 aliphatic carbocycles. The van der Waals surface area contributed by atoms with E-state index < -0.39 is 0 Å². The van der Waals surface area contributed by atoms with Crippen LogP contribution in [0.4, 0.5) is 0 Å². The smallest absolute Gasteiger partial charge is 0.0237 e. The molecule has 0 atom stereocenters. The van der Waals surface area contributed by atoms with Crippen LogP contribution in [-0.2, 0) is 13.1 Å². The molecule has 0 unspecified atom stereocenters. The minimum absolute atomic E-state index is 0.587. The van der Waals surface area contributed by atoms with Crippen LogP contribution in [0.25, 0.3) is 0 Å².